The Morgan fingerprint density at radius 2 is 1.93 bits per heavy atom. The van der Waals surface area contributed by atoms with E-state index in [1.807, 2.05) is 42.5 Å². The van der Waals surface area contributed by atoms with E-state index < -0.39 is 0 Å². The van der Waals surface area contributed by atoms with Crippen molar-refractivity contribution >= 4 is 61.4 Å². The van der Waals surface area contributed by atoms with Gasteiger partial charge < -0.3 is 4.57 Å². The molecule has 6 heteroatoms. The number of fused-ring (bicyclic) bond motifs is 2. The maximum atomic E-state index is 12.7. The van der Waals surface area contributed by atoms with Crippen LogP contribution in [0, 0.1) is 12.3 Å². The minimum absolute atomic E-state index is 0.208. The van der Waals surface area contributed by atoms with Crippen molar-refractivity contribution in [3.8, 4) is 12.3 Å². The molecule has 4 rings (SSSR count). The van der Waals surface area contributed by atoms with Gasteiger partial charge in [0.1, 0.15) is 0 Å². The number of aromatic nitrogens is 1. The summed E-state index contributed by atoms with van der Waals surface area (Å²) in [6.45, 7) is 0.266. The molecule has 0 aliphatic carbocycles. The number of hydrogen-bond acceptors (Lipinski definition) is 2. The molecule has 0 bridgehead atoms. The van der Waals surface area contributed by atoms with E-state index in [4.69, 9.17) is 29.6 Å². The fraction of sp³-hybridized carbons (Fsp3) is 0.0909. The second-order valence-electron chi connectivity index (χ2n) is 6.23. The molecule has 1 amide bonds. The van der Waals surface area contributed by atoms with Gasteiger partial charge >= 0.3 is 0 Å². The molecule has 0 fully saturated rings. The van der Waals surface area contributed by atoms with E-state index in [9.17, 15) is 4.79 Å². The summed E-state index contributed by atoms with van der Waals surface area (Å²) in [5.74, 6) is 2.36. The van der Waals surface area contributed by atoms with Crippen LogP contribution in [0.1, 0.15) is 5.56 Å². The number of terminal acetylenes is 1. The molecule has 0 unspecified atom stereocenters. The summed E-state index contributed by atoms with van der Waals surface area (Å²) >= 11 is 13.8. The van der Waals surface area contributed by atoms with Crippen molar-refractivity contribution in [2.75, 3.05) is 0 Å². The molecule has 0 aliphatic rings. The Morgan fingerprint density at radius 1 is 1.14 bits per heavy atom. The first-order chi connectivity index (χ1) is 13.6. The van der Waals surface area contributed by atoms with Crippen LogP contribution in [0.3, 0.4) is 0 Å². The summed E-state index contributed by atoms with van der Waals surface area (Å²) in [7, 11) is 0. The van der Waals surface area contributed by atoms with Crippen LogP contribution >= 0.6 is 34.5 Å². The first-order valence-corrected chi connectivity index (χ1v) is 10.1. The van der Waals surface area contributed by atoms with Crippen molar-refractivity contribution < 1.29 is 4.79 Å². The predicted octanol–water partition coefficient (Wildman–Crippen LogP) is 5.47. The third-order valence-corrected chi connectivity index (χ3v) is 5.92. The molecule has 3 aromatic carbocycles. The van der Waals surface area contributed by atoms with Crippen LogP contribution in [-0.4, -0.2) is 10.5 Å². The highest BCUT2D eigenvalue weighted by atomic mass is 35.5. The average Bonchev–Trinajstić information content (AvgIpc) is 2.99. The SMILES string of the molecule is C#CCn1c(=NC(=O)Cc2cccc3ccccc23)sc2cc(Cl)cc(Cl)c21. The van der Waals surface area contributed by atoms with Crippen molar-refractivity contribution in [2.45, 2.75) is 13.0 Å². The third-order valence-electron chi connectivity index (χ3n) is 4.39. The first-order valence-electron chi connectivity index (χ1n) is 8.53. The van der Waals surface area contributed by atoms with Gasteiger partial charge in [0.15, 0.2) is 4.80 Å². The molecular formula is C22H14Cl2N2OS. The summed E-state index contributed by atoms with van der Waals surface area (Å²) < 4.78 is 2.61. The van der Waals surface area contributed by atoms with Gasteiger partial charge in [-0.2, -0.15) is 4.99 Å². The Labute approximate surface area is 175 Å². The number of hydrogen-bond donors (Lipinski definition) is 0. The van der Waals surface area contributed by atoms with Crippen molar-refractivity contribution in [3.63, 3.8) is 0 Å². The number of halogens is 2. The highest BCUT2D eigenvalue weighted by Crippen LogP contribution is 2.29. The fourth-order valence-corrected chi connectivity index (χ4v) is 5.04. The second kappa shape index (κ2) is 7.81. The van der Waals surface area contributed by atoms with Gasteiger partial charge in [0.25, 0.3) is 5.91 Å². The van der Waals surface area contributed by atoms with Gasteiger partial charge in [-0.15, -0.1) is 6.42 Å². The van der Waals surface area contributed by atoms with Crippen LogP contribution in [0.4, 0.5) is 0 Å². The zero-order valence-electron chi connectivity index (χ0n) is 14.7. The summed E-state index contributed by atoms with van der Waals surface area (Å²) in [6.07, 6.45) is 5.72. The summed E-state index contributed by atoms with van der Waals surface area (Å²) in [5.41, 5.74) is 1.68. The molecule has 138 valence electrons. The molecular weight excluding hydrogens is 411 g/mol. The number of rotatable bonds is 3. The van der Waals surface area contributed by atoms with Crippen LogP contribution in [-0.2, 0) is 17.8 Å². The highest BCUT2D eigenvalue weighted by Gasteiger charge is 2.12. The van der Waals surface area contributed by atoms with Crippen molar-refractivity contribution in [1.82, 2.24) is 4.57 Å². The molecule has 0 radical (unpaired) electrons. The van der Waals surface area contributed by atoms with Gasteiger partial charge in [0, 0.05) is 5.02 Å². The summed E-state index contributed by atoms with van der Waals surface area (Å²) in [5, 5.41) is 3.16. The molecule has 1 heterocycles. The van der Waals surface area contributed by atoms with Crippen LogP contribution in [0.2, 0.25) is 10.0 Å². The lowest BCUT2D eigenvalue weighted by molar-refractivity contribution is -0.117. The van der Waals surface area contributed by atoms with E-state index in [0.29, 0.717) is 14.8 Å². The average molecular weight is 425 g/mol. The Kier molecular flexibility index (Phi) is 5.23. The number of carbonyl (C=O) groups excluding carboxylic acids is 1. The minimum atomic E-state index is -0.240. The third kappa shape index (κ3) is 3.57. The Hall–Kier alpha value is -2.58. The minimum Gasteiger partial charge on any atom is -0.303 e. The zero-order valence-corrected chi connectivity index (χ0v) is 17.0. The smallest absolute Gasteiger partial charge is 0.252 e. The normalized spacial score (nSPS) is 11.8. The fourth-order valence-electron chi connectivity index (χ4n) is 3.21. The van der Waals surface area contributed by atoms with Crippen molar-refractivity contribution in [3.05, 3.63) is 75.0 Å². The summed E-state index contributed by atoms with van der Waals surface area (Å²) in [6, 6.07) is 17.4. The van der Waals surface area contributed by atoms with Gasteiger partial charge in [0.05, 0.1) is 28.2 Å². The lowest BCUT2D eigenvalue weighted by atomic mass is 10.0. The van der Waals surface area contributed by atoms with Gasteiger partial charge in [-0.05, 0) is 28.5 Å². The Bertz CT molecular complexity index is 1320. The van der Waals surface area contributed by atoms with E-state index in [1.165, 1.54) is 11.3 Å². The standard InChI is InChI=1S/C22H14Cl2N2OS/c1-2-10-26-21-18(24)12-16(23)13-19(21)28-22(26)25-20(27)11-15-8-5-7-14-6-3-4-9-17(14)15/h1,3-9,12-13H,10-11H2. The molecule has 0 atom stereocenters. The number of thiazole rings is 1. The zero-order chi connectivity index (χ0) is 19.7. The Balaban J connectivity index is 1.79. The van der Waals surface area contributed by atoms with E-state index in [-0.39, 0.29) is 18.9 Å². The maximum absolute atomic E-state index is 12.7. The molecule has 0 saturated heterocycles. The lowest BCUT2D eigenvalue weighted by Gasteiger charge is -2.04. The predicted molar refractivity (Wildman–Crippen MR) is 117 cm³/mol. The topological polar surface area (TPSA) is 34.4 Å². The van der Waals surface area contributed by atoms with Crippen molar-refractivity contribution in [2.24, 2.45) is 4.99 Å². The van der Waals surface area contributed by atoms with E-state index >= 15 is 0 Å². The first kappa shape index (κ1) is 18.8. The quantitative estimate of drug-likeness (QED) is 0.401. The molecule has 3 nitrogen and oxygen atoms in total. The van der Waals surface area contributed by atoms with Crippen molar-refractivity contribution in [1.29, 1.82) is 0 Å². The Morgan fingerprint density at radius 3 is 2.75 bits per heavy atom. The lowest BCUT2D eigenvalue weighted by Crippen LogP contribution is -2.17. The number of carbonyl (C=O) groups is 1. The molecule has 0 aliphatic heterocycles. The monoisotopic (exact) mass is 424 g/mol. The molecule has 1 aromatic heterocycles. The van der Waals surface area contributed by atoms with Gasteiger partial charge in [0.2, 0.25) is 0 Å². The van der Waals surface area contributed by atoms with Crippen LogP contribution in [0.5, 0.6) is 0 Å². The second-order valence-corrected chi connectivity index (χ2v) is 8.08. The van der Waals surface area contributed by atoms with E-state index in [1.54, 1.807) is 16.7 Å². The summed E-state index contributed by atoms with van der Waals surface area (Å²) in [4.78, 5) is 17.6. The molecule has 0 saturated carbocycles. The molecule has 28 heavy (non-hydrogen) atoms. The van der Waals surface area contributed by atoms with E-state index in [0.717, 1.165) is 26.6 Å². The van der Waals surface area contributed by atoms with Gasteiger partial charge in [-0.25, -0.2) is 0 Å². The molecule has 0 spiro atoms. The van der Waals surface area contributed by atoms with Crippen LogP contribution in [0.15, 0.2) is 59.6 Å². The number of amides is 1. The maximum Gasteiger partial charge on any atom is 0.252 e. The largest absolute Gasteiger partial charge is 0.303 e. The van der Waals surface area contributed by atoms with Crippen LogP contribution < -0.4 is 4.80 Å². The van der Waals surface area contributed by atoms with Crippen LogP contribution in [0.25, 0.3) is 21.0 Å². The van der Waals surface area contributed by atoms with Gasteiger partial charge in [-0.3, -0.25) is 4.79 Å². The highest BCUT2D eigenvalue weighted by molar-refractivity contribution is 7.16. The van der Waals surface area contributed by atoms with E-state index in [2.05, 4.69) is 10.9 Å². The number of benzene rings is 3. The van der Waals surface area contributed by atoms with Gasteiger partial charge in [-0.1, -0.05) is 82.9 Å². The molecule has 0 N–H and O–H groups in total. The molecule has 4 aromatic rings. The number of nitrogens with zero attached hydrogens (tertiary/aromatic N) is 2.